The van der Waals surface area contributed by atoms with E-state index in [9.17, 15) is 14.0 Å². The van der Waals surface area contributed by atoms with E-state index < -0.39 is 0 Å². The maximum absolute atomic E-state index is 13.1. The van der Waals surface area contributed by atoms with E-state index in [1.807, 2.05) is 17.0 Å². The highest BCUT2D eigenvalue weighted by Crippen LogP contribution is 2.22. The second kappa shape index (κ2) is 9.34. The molecule has 4 rings (SSSR count). The van der Waals surface area contributed by atoms with E-state index in [4.69, 9.17) is 0 Å². The standard InChI is InChI=1S/C23H27FN4O2/c24-21-5-3-19(4-6-21)22(29)28-11-1-2-20(17-28)23(30)27-14-12-26(13-15-27)16-18-7-9-25-10-8-18/h3-10,20H,1-2,11-17H2. The second-order valence-corrected chi connectivity index (χ2v) is 8.05. The van der Waals surface area contributed by atoms with Gasteiger partial charge >= 0.3 is 0 Å². The predicted octanol–water partition coefficient (Wildman–Crippen LogP) is 2.42. The molecular weight excluding hydrogens is 383 g/mol. The van der Waals surface area contributed by atoms with Crippen molar-refractivity contribution in [1.29, 1.82) is 0 Å². The Balaban J connectivity index is 1.30. The zero-order valence-electron chi connectivity index (χ0n) is 17.0. The van der Waals surface area contributed by atoms with E-state index in [1.54, 1.807) is 17.3 Å². The molecule has 2 fully saturated rings. The summed E-state index contributed by atoms with van der Waals surface area (Å²) in [6.45, 7) is 5.07. The van der Waals surface area contributed by atoms with E-state index in [1.165, 1.54) is 29.8 Å². The van der Waals surface area contributed by atoms with Crippen LogP contribution < -0.4 is 0 Å². The van der Waals surface area contributed by atoms with Gasteiger partial charge in [-0.2, -0.15) is 0 Å². The van der Waals surface area contributed by atoms with Gasteiger partial charge in [-0.3, -0.25) is 19.5 Å². The van der Waals surface area contributed by atoms with Crippen LogP contribution in [0.15, 0.2) is 48.8 Å². The number of piperidine rings is 1. The van der Waals surface area contributed by atoms with Gasteiger partial charge in [-0.15, -0.1) is 0 Å². The lowest BCUT2D eigenvalue weighted by Crippen LogP contribution is -2.52. The number of aromatic nitrogens is 1. The highest BCUT2D eigenvalue weighted by atomic mass is 19.1. The molecule has 0 saturated carbocycles. The summed E-state index contributed by atoms with van der Waals surface area (Å²) < 4.78 is 13.1. The molecule has 0 N–H and O–H groups in total. The molecular formula is C23H27FN4O2. The number of pyridine rings is 1. The fourth-order valence-electron chi connectivity index (χ4n) is 4.27. The van der Waals surface area contributed by atoms with Crippen molar-refractivity contribution in [2.45, 2.75) is 19.4 Å². The molecule has 2 aliphatic heterocycles. The summed E-state index contributed by atoms with van der Waals surface area (Å²) >= 11 is 0. The number of likely N-dealkylation sites (tertiary alicyclic amines) is 1. The minimum absolute atomic E-state index is 0.130. The SMILES string of the molecule is O=C(c1ccc(F)cc1)N1CCCC(C(=O)N2CCN(Cc3ccncc3)CC2)C1. The second-order valence-electron chi connectivity index (χ2n) is 8.05. The molecule has 0 aliphatic carbocycles. The number of benzene rings is 1. The summed E-state index contributed by atoms with van der Waals surface area (Å²) in [4.78, 5) is 35.9. The molecule has 1 atom stereocenters. The van der Waals surface area contributed by atoms with E-state index in [0.717, 1.165) is 32.5 Å². The molecule has 7 heteroatoms. The van der Waals surface area contributed by atoms with Crippen LogP contribution in [0.25, 0.3) is 0 Å². The first-order valence-corrected chi connectivity index (χ1v) is 10.5. The molecule has 1 aromatic heterocycles. The van der Waals surface area contributed by atoms with Crippen molar-refractivity contribution in [3.63, 3.8) is 0 Å². The van der Waals surface area contributed by atoms with E-state index in [-0.39, 0.29) is 23.5 Å². The van der Waals surface area contributed by atoms with Crippen LogP contribution in [-0.4, -0.2) is 70.8 Å². The molecule has 0 bridgehead atoms. The van der Waals surface area contributed by atoms with Crippen molar-refractivity contribution in [2.24, 2.45) is 5.92 Å². The number of piperazine rings is 1. The van der Waals surface area contributed by atoms with Gasteiger partial charge in [-0.25, -0.2) is 4.39 Å². The molecule has 2 aliphatic rings. The minimum atomic E-state index is -0.360. The van der Waals surface area contributed by atoms with Crippen molar-refractivity contribution in [3.8, 4) is 0 Å². The topological polar surface area (TPSA) is 56.8 Å². The summed E-state index contributed by atoms with van der Waals surface area (Å²) in [6.07, 6.45) is 5.23. The van der Waals surface area contributed by atoms with Gasteiger partial charge in [-0.05, 0) is 54.8 Å². The number of hydrogen-bond acceptors (Lipinski definition) is 4. The third-order valence-electron chi connectivity index (χ3n) is 5.99. The molecule has 2 saturated heterocycles. The molecule has 158 valence electrons. The Morgan fingerprint density at radius 3 is 2.33 bits per heavy atom. The third-order valence-corrected chi connectivity index (χ3v) is 5.99. The average Bonchev–Trinajstić information content (AvgIpc) is 2.80. The zero-order chi connectivity index (χ0) is 20.9. The smallest absolute Gasteiger partial charge is 0.253 e. The molecule has 6 nitrogen and oxygen atoms in total. The predicted molar refractivity (Wildman–Crippen MR) is 111 cm³/mol. The molecule has 0 spiro atoms. The molecule has 2 aromatic rings. The van der Waals surface area contributed by atoms with Crippen LogP contribution in [0.1, 0.15) is 28.8 Å². The maximum Gasteiger partial charge on any atom is 0.253 e. The summed E-state index contributed by atoms with van der Waals surface area (Å²) in [5, 5.41) is 0. The minimum Gasteiger partial charge on any atom is -0.340 e. The molecule has 2 amide bonds. The van der Waals surface area contributed by atoms with Gasteiger partial charge in [0.1, 0.15) is 5.82 Å². The quantitative estimate of drug-likeness (QED) is 0.777. The number of halogens is 1. The largest absolute Gasteiger partial charge is 0.340 e. The monoisotopic (exact) mass is 410 g/mol. The van der Waals surface area contributed by atoms with Crippen LogP contribution in [0.3, 0.4) is 0 Å². The fraction of sp³-hybridized carbons (Fsp3) is 0.435. The number of hydrogen-bond donors (Lipinski definition) is 0. The Kier molecular flexibility index (Phi) is 6.38. The summed E-state index contributed by atoms with van der Waals surface area (Å²) in [6, 6.07) is 9.64. The number of nitrogens with zero attached hydrogens (tertiary/aromatic N) is 4. The number of carbonyl (C=O) groups excluding carboxylic acids is 2. The number of carbonyl (C=O) groups is 2. The van der Waals surface area contributed by atoms with Crippen molar-refractivity contribution in [2.75, 3.05) is 39.3 Å². The van der Waals surface area contributed by atoms with Crippen molar-refractivity contribution in [3.05, 3.63) is 65.7 Å². The number of amides is 2. The van der Waals surface area contributed by atoms with Gasteiger partial charge in [0.05, 0.1) is 5.92 Å². The maximum atomic E-state index is 13.1. The normalized spacial score (nSPS) is 20.2. The van der Waals surface area contributed by atoms with Gasteiger partial charge in [0.2, 0.25) is 5.91 Å². The molecule has 30 heavy (non-hydrogen) atoms. The van der Waals surface area contributed by atoms with Crippen LogP contribution in [-0.2, 0) is 11.3 Å². The van der Waals surface area contributed by atoms with Crippen LogP contribution >= 0.6 is 0 Å². The first-order chi connectivity index (χ1) is 14.6. The third kappa shape index (κ3) is 4.84. The molecule has 1 aromatic carbocycles. The number of rotatable bonds is 4. The molecule has 3 heterocycles. The first-order valence-electron chi connectivity index (χ1n) is 10.5. The Labute approximate surface area is 176 Å². The zero-order valence-corrected chi connectivity index (χ0v) is 17.0. The summed E-state index contributed by atoms with van der Waals surface area (Å²) in [5.74, 6) is -0.499. The van der Waals surface area contributed by atoms with Crippen molar-refractivity contribution in [1.82, 2.24) is 19.7 Å². The van der Waals surface area contributed by atoms with E-state index >= 15 is 0 Å². The van der Waals surface area contributed by atoms with Crippen molar-refractivity contribution < 1.29 is 14.0 Å². The Morgan fingerprint density at radius 1 is 0.933 bits per heavy atom. The molecule has 0 radical (unpaired) electrons. The highest BCUT2D eigenvalue weighted by Gasteiger charge is 2.32. The van der Waals surface area contributed by atoms with Gasteiger partial charge in [0.15, 0.2) is 0 Å². The lowest BCUT2D eigenvalue weighted by atomic mass is 9.95. The van der Waals surface area contributed by atoms with Crippen LogP contribution in [0, 0.1) is 11.7 Å². The molecule has 1 unspecified atom stereocenters. The van der Waals surface area contributed by atoms with Gasteiger partial charge < -0.3 is 9.80 Å². The van der Waals surface area contributed by atoms with E-state index in [2.05, 4.69) is 9.88 Å². The van der Waals surface area contributed by atoms with Crippen LogP contribution in [0.2, 0.25) is 0 Å². The fourth-order valence-corrected chi connectivity index (χ4v) is 4.27. The van der Waals surface area contributed by atoms with Gasteiger partial charge in [-0.1, -0.05) is 0 Å². The lowest BCUT2D eigenvalue weighted by Gasteiger charge is -2.39. The Morgan fingerprint density at radius 2 is 1.63 bits per heavy atom. The van der Waals surface area contributed by atoms with E-state index in [0.29, 0.717) is 31.7 Å². The van der Waals surface area contributed by atoms with Crippen molar-refractivity contribution >= 4 is 11.8 Å². The average molecular weight is 410 g/mol. The summed E-state index contributed by atoms with van der Waals surface area (Å²) in [7, 11) is 0. The first kappa shape index (κ1) is 20.5. The van der Waals surface area contributed by atoms with Crippen LogP contribution in [0.4, 0.5) is 4.39 Å². The van der Waals surface area contributed by atoms with Crippen LogP contribution in [0.5, 0.6) is 0 Å². The Hall–Kier alpha value is -2.80. The summed E-state index contributed by atoms with van der Waals surface area (Å²) in [5.41, 5.74) is 1.70. The van der Waals surface area contributed by atoms with Gasteiger partial charge in [0.25, 0.3) is 5.91 Å². The highest BCUT2D eigenvalue weighted by molar-refractivity contribution is 5.94. The van der Waals surface area contributed by atoms with Gasteiger partial charge in [0, 0.05) is 63.8 Å². The Bertz CT molecular complexity index is 867. The lowest BCUT2D eigenvalue weighted by molar-refractivity contribution is -0.138.